The Hall–Kier alpha value is -2.01. The van der Waals surface area contributed by atoms with Crippen LogP contribution in [0.4, 0.5) is 0 Å². The van der Waals surface area contributed by atoms with Crippen molar-refractivity contribution in [3.05, 3.63) is 41.1 Å². The molecule has 0 fully saturated rings. The molecule has 0 bridgehead atoms. The summed E-state index contributed by atoms with van der Waals surface area (Å²) in [6.07, 6.45) is 0. The van der Waals surface area contributed by atoms with Crippen molar-refractivity contribution in [2.24, 2.45) is 0 Å². The number of tetrazole rings is 1. The average Bonchev–Trinajstić information content (AvgIpc) is 3.01. The highest BCUT2D eigenvalue weighted by atomic mass is 32.1. The first-order valence-electron chi connectivity index (χ1n) is 4.72. The molecule has 0 saturated carbocycles. The van der Waals surface area contributed by atoms with Crippen molar-refractivity contribution in [1.29, 1.82) is 0 Å². The van der Waals surface area contributed by atoms with Gasteiger partial charge >= 0.3 is 0 Å². The van der Waals surface area contributed by atoms with E-state index in [1.54, 1.807) is 11.3 Å². The number of hydrogen-bond donors (Lipinski definition) is 1. The number of benzene rings is 1. The Kier molecular flexibility index (Phi) is 2.23. The fourth-order valence-corrected chi connectivity index (χ4v) is 2.39. The van der Waals surface area contributed by atoms with Gasteiger partial charge in [0.15, 0.2) is 5.82 Å². The lowest BCUT2D eigenvalue weighted by atomic mass is 10.0. The van der Waals surface area contributed by atoms with Crippen LogP contribution in [0.25, 0.3) is 22.5 Å². The summed E-state index contributed by atoms with van der Waals surface area (Å²) in [5.74, 6) is 0.698. The standard InChI is InChI=1S/C11H7N4S/c1-2-4-8(5-3-1)9-6-16-7-10(9)11-12-14-15-13-11/h2-7H,(H,12,13,14,15). The third kappa shape index (κ3) is 1.51. The van der Waals surface area contributed by atoms with E-state index in [4.69, 9.17) is 0 Å². The van der Waals surface area contributed by atoms with E-state index in [2.05, 4.69) is 32.1 Å². The van der Waals surface area contributed by atoms with Crippen LogP contribution in [-0.4, -0.2) is 20.6 Å². The topological polar surface area (TPSA) is 54.5 Å². The van der Waals surface area contributed by atoms with Crippen LogP contribution in [0.3, 0.4) is 0 Å². The lowest BCUT2D eigenvalue weighted by Crippen LogP contribution is -1.82. The molecule has 16 heavy (non-hydrogen) atoms. The molecular formula is C11H7N4S. The van der Waals surface area contributed by atoms with Crippen LogP contribution >= 0.6 is 11.3 Å². The fourth-order valence-electron chi connectivity index (χ4n) is 1.54. The highest BCUT2D eigenvalue weighted by Gasteiger charge is 2.10. The van der Waals surface area contributed by atoms with E-state index in [-0.39, 0.29) is 0 Å². The second-order valence-electron chi connectivity index (χ2n) is 3.24. The van der Waals surface area contributed by atoms with E-state index in [0.717, 1.165) is 16.7 Å². The Bertz CT molecular complexity index is 571. The van der Waals surface area contributed by atoms with Crippen LogP contribution in [0.1, 0.15) is 0 Å². The van der Waals surface area contributed by atoms with Gasteiger partial charge < -0.3 is 0 Å². The number of aromatic amines is 1. The van der Waals surface area contributed by atoms with Gasteiger partial charge in [0.25, 0.3) is 0 Å². The van der Waals surface area contributed by atoms with E-state index >= 15 is 0 Å². The first kappa shape index (κ1) is 9.23. The molecule has 2 aromatic heterocycles. The molecule has 5 heteroatoms. The molecule has 1 radical (unpaired) electrons. The molecule has 0 aliphatic carbocycles. The van der Waals surface area contributed by atoms with Crippen molar-refractivity contribution in [2.45, 2.75) is 0 Å². The van der Waals surface area contributed by atoms with E-state index < -0.39 is 0 Å². The zero-order valence-corrected chi connectivity index (χ0v) is 9.03. The van der Waals surface area contributed by atoms with Crippen LogP contribution in [0.2, 0.25) is 0 Å². The van der Waals surface area contributed by atoms with Gasteiger partial charge in [0.2, 0.25) is 0 Å². The molecule has 0 amide bonds. The predicted octanol–water partition coefficient (Wildman–Crippen LogP) is 2.40. The molecule has 0 unspecified atom stereocenters. The van der Waals surface area contributed by atoms with E-state index in [0.29, 0.717) is 5.82 Å². The zero-order chi connectivity index (χ0) is 10.8. The first-order chi connectivity index (χ1) is 7.95. The van der Waals surface area contributed by atoms with Crippen molar-refractivity contribution >= 4 is 11.3 Å². The predicted molar refractivity (Wildman–Crippen MR) is 61.8 cm³/mol. The zero-order valence-electron chi connectivity index (χ0n) is 8.21. The highest BCUT2D eigenvalue weighted by molar-refractivity contribution is 7.08. The third-order valence-electron chi connectivity index (χ3n) is 2.29. The third-order valence-corrected chi connectivity index (χ3v) is 3.04. The fraction of sp³-hybridized carbons (Fsp3) is 0. The number of rotatable bonds is 2. The van der Waals surface area contributed by atoms with Gasteiger partial charge in [-0.2, -0.15) is 11.3 Å². The number of H-pyrrole nitrogens is 1. The molecule has 1 aromatic carbocycles. The van der Waals surface area contributed by atoms with Gasteiger partial charge in [-0.05, 0) is 27.4 Å². The summed E-state index contributed by atoms with van der Waals surface area (Å²) in [6.45, 7) is 0. The lowest BCUT2D eigenvalue weighted by Gasteiger charge is -2.00. The molecular weight excluding hydrogens is 220 g/mol. The molecule has 77 valence electrons. The summed E-state index contributed by atoms with van der Waals surface area (Å²) < 4.78 is 0. The van der Waals surface area contributed by atoms with Gasteiger partial charge in [-0.1, -0.05) is 24.3 Å². The lowest BCUT2D eigenvalue weighted by molar-refractivity contribution is 0.881. The van der Waals surface area contributed by atoms with Crippen molar-refractivity contribution in [2.75, 3.05) is 0 Å². The Morgan fingerprint density at radius 2 is 1.94 bits per heavy atom. The van der Waals surface area contributed by atoms with Crippen molar-refractivity contribution in [1.82, 2.24) is 20.6 Å². The molecule has 0 atom stereocenters. The highest BCUT2D eigenvalue weighted by Crippen LogP contribution is 2.32. The quantitative estimate of drug-likeness (QED) is 0.731. The summed E-state index contributed by atoms with van der Waals surface area (Å²) in [4.78, 5) is 0. The largest absolute Gasteiger partial charge is 0.239 e. The second kappa shape index (κ2) is 3.86. The smallest absolute Gasteiger partial charge is 0.180 e. The van der Waals surface area contributed by atoms with Crippen LogP contribution in [-0.2, 0) is 0 Å². The maximum absolute atomic E-state index is 3.93. The minimum absolute atomic E-state index is 0.698. The summed E-state index contributed by atoms with van der Waals surface area (Å²) in [5, 5.41) is 18.0. The Balaban J connectivity index is 2.14. The van der Waals surface area contributed by atoms with Gasteiger partial charge in [0.1, 0.15) is 0 Å². The summed E-state index contributed by atoms with van der Waals surface area (Å²) in [5.41, 5.74) is 3.31. The number of aromatic nitrogens is 4. The van der Waals surface area contributed by atoms with Crippen molar-refractivity contribution in [3.63, 3.8) is 0 Å². The molecule has 0 spiro atoms. The van der Waals surface area contributed by atoms with Crippen LogP contribution in [0, 0.1) is 6.07 Å². The molecule has 1 N–H and O–H groups in total. The monoisotopic (exact) mass is 227 g/mol. The van der Waals surface area contributed by atoms with Crippen LogP contribution in [0.5, 0.6) is 0 Å². The molecule has 2 heterocycles. The van der Waals surface area contributed by atoms with Crippen LogP contribution < -0.4 is 0 Å². The Morgan fingerprint density at radius 3 is 2.69 bits per heavy atom. The Labute approximate surface area is 96.0 Å². The van der Waals surface area contributed by atoms with E-state index in [9.17, 15) is 0 Å². The minimum atomic E-state index is 0.698. The molecule has 0 aliphatic heterocycles. The molecule has 4 nitrogen and oxygen atoms in total. The van der Waals surface area contributed by atoms with Gasteiger partial charge in [0.05, 0.1) is 0 Å². The van der Waals surface area contributed by atoms with Crippen molar-refractivity contribution in [3.8, 4) is 22.5 Å². The van der Waals surface area contributed by atoms with Crippen LogP contribution in [0.15, 0.2) is 35.0 Å². The number of nitrogens with zero attached hydrogens (tertiary/aromatic N) is 3. The van der Waals surface area contributed by atoms with Gasteiger partial charge in [-0.15, -0.1) is 5.10 Å². The van der Waals surface area contributed by atoms with E-state index in [1.807, 2.05) is 29.6 Å². The number of nitrogens with one attached hydrogen (secondary N) is 1. The van der Waals surface area contributed by atoms with Crippen molar-refractivity contribution < 1.29 is 0 Å². The first-order valence-corrected chi connectivity index (χ1v) is 5.66. The second-order valence-corrected chi connectivity index (χ2v) is 3.98. The Morgan fingerprint density at radius 1 is 1.12 bits per heavy atom. The van der Waals surface area contributed by atoms with Gasteiger partial charge in [-0.25, -0.2) is 5.10 Å². The summed E-state index contributed by atoms with van der Waals surface area (Å²) in [6, 6.07) is 10.8. The van der Waals surface area contributed by atoms with Gasteiger partial charge in [-0.3, -0.25) is 0 Å². The SMILES string of the molecule is [c]1ccc(-c2cscc2-c2nnn[nH]2)cc1. The molecule has 0 aliphatic rings. The minimum Gasteiger partial charge on any atom is -0.239 e. The number of hydrogen-bond acceptors (Lipinski definition) is 4. The maximum Gasteiger partial charge on any atom is 0.180 e. The molecule has 3 rings (SSSR count). The summed E-state index contributed by atoms with van der Waals surface area (Å²) >= 11 is 1.63. The summed E-state index contributed by atoms with van der Waals surface area (Å²) in [7, 11) is 0. The van der Waals surface area contributed by atoms with Gasteiger partial charge in [0, 0.05) is 16.5 Å². The average molecular weight is 227 g/mol. The normalized spacial score (nSPS) is 10.5. The van der Waals surface area contributed by atoms with E-state index in [1.165, 1.54) is 0 Å². The maximum atomic E-state index is 3.93. The molecule has 3 aromatic rings. The molecule has 0 saturated heterocycles. The number of thiophene rings is 1.